The van der Waals surface area contributed by atoms with Crippen molar-refractivity contribution in [3.8, 4) is 0 Å². The summed E-state index contributed by atoms with van der Waals surface area (Å²) in [6.45, 7) is 6.46. The van der Waals surface area contributed by atoms with Crippen LogP contribution in [-0.4, -0.2) is 19.1 Å². The van der Waals surface area contributed by atoms with Gasteiger partial charge in [0.1, 0.15) is 0 Å². The zero-order chi connectivity index (χ0) is 6.85. The van der Waals surface area contributed by atoms with Crippen LogP contribution in [0.15, 0.2) is 0 Å². The van der Waals surface area contributed by atoms with Crippen molar-refractivity contribution in [1.29, 1.82) is 0 Å². The van der Waals surface area contributed by atoms with Gasteiger partial charge in [0.05, 0.1) is 0 Å². The van der Waals surface area contributed by atoms with Crippen molar-refractivity contribution in [3.63, 3.8) is 0 Å². The Morgan fingerprint density at radius 2 is 2.22 bits per heavy atom. The Balaban J connectivity index is 2.41. The summed E-state index contributed by atoms with van der Waals surface area (Å²) in [5, 5.41) is 3.38. The van der Waals surface area contributed by atoms with Crippen molar-refractivity contribution in [2.24, 2.45) is 17.6 Å². The second kappa shape index (κ2) is 2.67. The van der Waals surface area contributed by atoms with Crippen molar-refractivity contribution in [2.45, 2.75) is 19.9 Å². The van der Waals surface area contributed by atoms with Crippen LogP contribution in [0.25, 0.3) is 0 Å². The van der Waals surface area contributed by atoms with Gasteiger partial charge < -0.3 is 11.1 Å². The highest BCUT2D eigenvalue weighted by Crippen LogP contribution is 2.19. The average molecular weight is 128 g/mol. The Kier molecular flexibility index (Phi) is 2.09. The molecule has 3 N–H and O–H groups in total. The van der Waals surface area contributed by atoms with Crippen molar-refractivity contribution >= 4 is 0 Å². The second-order valence-corrected chi connectivity index (χ2v) is 3.09. The van der Waals surface area contributed by atoms with Crippen LogP contribution < -0.4 is 11.1 Å². The molecule has 9 heavy (non-hydrogen) atoms. The first-order valence-electron chi connectivity index (χ1n) is 3.69. The molecule has 0 aromatic heterocycles. The molecule has 0 aromatic rings. The Bertz CT molecular complexity index is 92.9. The summed E-state index contributed by atoms with van der Waals surface area (Å²) < 4.78 is 0. The topological polar surface area (TPSA) is 38.0 Å². The van der Waals surface area contributed by atoms with Gasteiger partial charge in [0.15, 0.2) is 0 Å². The molecule has 0 aliphatic carbocycles. The van der Waals surface area contributed by atoms with Gasteiger partial charge in [-0.25, -0.2) is 0 Å². The maximum Gasteiger partial charge on any atom is 0.0218 e. The summed E-state index contributed by atoms with van der Waals surface area (Å²) >= 11 is 0. The van der Waals surface area contributed by atoms with E-state index in [-0.39, 0.29) is 0 Å². The molecule has 1 fully saturated rings. The van der Waals surface area contributed by atoms with Crippen molar-refractivity contribution in [2.75, 3.05) is 13.1 Å². The maximum atomic E-state index is 5.52. The molecule has 1 heterocycles. The van der Waals surface area contributed by atoms with Crippen LogP contribution in [0.2, 0.25) is 0 Å². The number of rotatable bonds is 1. The first-order chi connectivity index (χ1) is 4.25. The zero-order valence-electron chi connectivity index (χ0n) is 6.22. The van der Waals surface area contributed by atoms with Gasteiger partial charge >= 0.3 is 0 Å². The van der Waals surface area contributed by atoms with Crippen LogP contribution in [-0.2, 0) is 0 Å². The molecule has 54 valence electrons. The Labute approximate surface area is 56.8 Å². The van der Waals surface area contributed by atoms with Gasteiger partial charge in [0, 0.05) is 12.6 Å². The van der Waals surface area contributed by atoms with Gasteiger partial charge in [-0.2, -0.15) is 0 Å². The molecule has 1 rings (SSSR count). The highest BCUT2D eigenvalue weighted by Gasteiger charge is 2.27. The van der Waals surface area contributed by atoms with E-state index >= 15 is 0 Å². The van der Waals surface area contributed by atoms with Crippen molar-refractivity contribution in [1.82, 2.24) is 5.32 Å². The first kappa shape index (κ1) is 7.03. The van der Waals surface area contributed by atoms with E-state index in [1.54, 1.807) is 0 Å². The molecule has 0 amide bonds. The molecule has 0 spiro atoms. The highest BCUT2D eigenvalue weighted by molar-refractivity contribution is 4.85. The van der Waals surface area contributed by atoms with E-state index in [0.29, 0.717) is 6.04 Å². The minimum Gasteiger partial charge on any atom is -0.329 e. The summed E-state index contributed by atoms with van der Waals surface area (Å²) in [7, 11) is 0. The smallest absolute Gasteiger partial charge is 0.0218 e. The third kappa shape index (κ3) is 1.25. The van der Waals surface area contributed by atoms with E-state index in [1.807, 2.05) is 0 Å². The van der Waals surface area contributed by atoms with E-state index < -0.39 is 0 Å². The monoisotopic (exact) mass is 128 g/mol. The number of hydrogen-bond donors (Lipinski definition) is 2. The molecule has 0 aromatic carbocycles. The third-order valence-electron chi connectivity index (χ3n) is 2.49. The van der Waals surface area contributed by atoms with Crippen LogP contribution in [0.3, 0.4) is 0 Å². The molecule has 1 aliphatic heterocycles. The molecule has 3 atom stereocenters. The van der Waals surface area contributed by atoms with Crippen LogP contribution in [0.5, 0.6) is 0 Å². The second-order valence-electron chi connectivity index (χ2n) is 3.09. The minimum atomic E-state index is 0.569. The fraction of sp³-hybridized carbons (Fsp3) is 1.00. The van der Waals surface area contributed by atoms with Crippen LogP contribution in [0.4, 0.5) is 0 Å². The fourth-order valence-electron chi connectivity index (χ4n) is 1.40. The van der Waals surface area contributed by atoms with E-state index in [1.165, 1.54) is 0 Å². The van der Waals surface area contributed by atoms with Gasteiger partial charge in [-0.05, 0) is 18.4 Å². The predicted octanol–water partition coefficient (Wildman–Crippen LogP) is 0.189. The van der Waals surface area contributed by atoms with Gasteiger partial charge in [-0.15, -0.1) is 0 Å². The standard InChI is InChI=1S/C7H16N2/c1-5-4-9-7(3-8)6(5)2/h5-7,9H,3-4,8H2,1-2H3. The van der Waals surface area contributed by atoms with Crippen molar-refractivity contribution in [3.05, 3.63) is 0 Å². The highest BCUT2D eigenvalue weighted by atomic mass is 15.0. The van der Waals surface area contributed by atoms with Gasteiger partial charge in [-0.3, -0.25) is 0 Å². The molecular weight excluding hydrogens is 112 g/mol. The molecule has 1 saturated heterocycles. The first-order valence-corrected chi connectivity index (χ1v) is 3.69. The summed E-state index contributed by atoms with van der Waals surface area (Å²) in [4.78, 5) is 0. The van der Waals surface area contributed by atoms with Crippen LogP contribution in [0, 0.1) is 11.8 Å². The molecular formula is C7H16N2. The lowest BCUT2D eigenvalue weighted by molar-refractivity contribution is 0.421. The molecule has 2 heteroatoms. The average Bonchev–Trinajstić information content (AvgIpc) is 2.15. The Hall–Kier alpha value is -0.0800. The maximum absolute atomic E-state index is 5.52. The Morgan fingerprint density at radius 3 is 2.44 bits per heavy atom. The SMILES string of the molecule is CC1CNC(CN)C1C. The number of nitrogens with two attached hydrogens (primary N) is 1. The van der Waals surface area contributed by atoms with E-state index in [9.17, 15) is 0 Å². The molecule has 2 nitrogen and oxygen atoms in total. The quantitative estimate of drug-likeness (QED) is 0.529. The lowest BCUT2D eigenvalue weighted by atomic mass is 9.94. The van der Waals surface area contributed by atoms with Crippen molar-refractivity contribution < 1.29 is 0 Å². The third-order valence-corrected chi connectivity index (χ3v) is 2.49. The Morgan fingerprint density at radius 1 is 1.56 bits per heavy atom. The molecule has 0 saturated carbocycles. The molecule has 0 radical (unpaired) electrons. The minimum absolute atomic E-state index is 0.569. The number of nitrogens with one attached hydrogen (secondary N) is 1. The molecule has 1 aliphatic rings. The summed E-state index contributed by atoms with van der Waals surface area (Å²) in [5.74, 6) is 1.56. The van der Waals surface area contributed by atoms with E-state index in [0.717, 1.165) is 24.9 Å². The predicted molar refractivity (Wildman–Crippen MR) is 39.2 cm³/mol. The zero-order valence-corrected chi connectivity index (χ0v) is 6.22. The molecule has 0 bridgehead atoms. The van der Waals surface area contributed by atoms with Gasteiger partial charge in [-0.1, -0.05) is 13.8 Å². The summed E-state index contributed by atoms with van der Waals surface area (Å²) in [5.41, 5.74) is 5.52. The van der Waals surface area contributed by atoms with Gasteiger partial charge in [0.25, 0.3) is 0 Å². The lowest BCUT2D eigenvalue weighted by Gasteiger charge is -2.14. The van der Waals surface area contributed by atoms with E-state index in [2.05, 4.69) is 19.2 Å². The summed E-state index contributed by atoms with van der Waals surface area (Å²) in [6.07, 6.45) is 0. The van der Waals surface area contributed by atoms with Crippen LogP contribution in [0.1, 0.15) is 13.8 Å². The van der Waals surface area contributed by atoms with E-state index in [4.69, 9.17) is 5.73 Å². The molecule has 3 unspecified atom stereocenters. The summed E-state index contributed by atoms with van der Waals surface area (Å²) in [6, 6.07) is 0.569. The normalized spacial score (nSPS) is 43.7. The lowest BCUT2D eigenvalue weighted by Crippen LogP contribution is -2.33. The fourth-order valence-corrected chi connectivity index (χ4v) is 1.40. The number of hydrogen-bond acceptors (Lipinski definition) is 2. The largest absolute Gasteiger partial charge is 0.329 e. The van der Waals surface area contributed by atoms with Gasteiger partial charge in [0.2, 0.25) is 0 Å². The van der Waals surface area contributed by atoms with Crippen LogP contribution >= 0.6 is 0 Å².